The number of nitrogen functional groups attached to an aromatic ring is 1. The molecule has 1 rings (SSSR count). The summed E-state index contributed by atoms with van der Waals surface area (Å²) < 4.78 is 38.8. The first kappa shape index (κ1) is 12.6. The summed E-state index contributed by atoms with van der Waals surface area (Å²) in [7, 11) is -1.74. The number of hydrogen-bond donors (Lipinski definition) is 1. The van der Waals surface area contributed by atoms with Gasteiger partial charge in [-0.25, -0.2) is 4.39 Å². The summed E-state index contributed by atoms with van der Waals surface area (Å²) >= 11 is 0. The van der Waals surface area contributed by atoms with E-state index in [2.05, 4.69) is 16.4 Å². The zero-order valence-electron chi connectivity index (χ0n) is 9.16. The molecule has 0 atom stereocenters. The fourth-order valence-corrected chi connectivity index (χ4v) is 1.39. The SMILES string of the molecule is C[Si](C)(C)C#Cc1c(N)nc(F)c(F)c1F. The third kappa shape index (κ3) is 2.76. The van der Waals surface area contributed by atoms with Crippen molar-refractivity contribution in [3.63, 3.8) is 0 Å². The van der Waals surface area contributed by atoms with Crippen LogP contribution in [-0.2, 0) is 0 Å². The number of pyridine rings is 1. The first-order valence-corrected chi connectivity index (χ1v) is 8.05. The summed E-state index contributed by atoms with van der Waals surface area (Å²) in [6.07, 6.45) is 0. The number of halogens is 3. The maximum absolute atomic E-state index is 13.3. The fraction of sp³-hybridized carbons (Fsp3) is 0.300. The molecular weight excluding hydrogens is 233 g/mol. The van der Waals surface area contributed by atoms with E-state index in [1.807, 2.05) is 19.6 Å². The van der Waals surface area contributed by atoms with E-state index < -0.39 is 31.5 Å². The molecule has 0 aliphatic heterocycles. The fourth-order valence-electron chi connectivity index (χ4n) is 0.892. The van der Waals surface area contributed by atoms with Gasteiger partial charge in [0.2, 0.25) is 5.82 Å². The molecule has 0 saturated carbocycles. The van der Waals surface area contributed by atoms with Crippen LogP contribution in [0.2, 0.25) is 19.6 Å². The number of nitrogens with two attached hydrogens (primary N) is 1. The molecule has 0 fully saturated rings. The maximum atomic E-state index is 13.3. The highest BCUT2D eigenvalue weighted by Gasteiger charge is 2.18. The third-order valence-electron chi connectivity index (χ3n) is 1.63. The molecular formula is C10H11F3N2Si. The summed E-state index contributed by atoms with van der Waals surface area (Å²) in [6.45, 7) is 5.80. The van der Waals surface area contributed by atoms with E-state index >= 15 is 0 Å². The number of aromatic nitrogens is 1. The minimum absolute atomic E-state index is 0.374. The summed E-state index contributed by atoms with van der Waals surface area (Å²) in [5.74, 6) is -2.57. The minimum atomic E-state index is -1.74. The van der Waals surface area contributed by atoms with Gasteiger partial charge in [-0.05, 0) is 0 Å². The summed E-state index contributed by atoms with van der Waals surface area (Å²) in [6, 6.07) is 0. The van der Waals surface area contributed by atoms with Crippen molar-refractivity contribution >= 4 is 13.9 Å². The van der Waals surface area contributed by atoms with E-state index in [0.29, 0.717) is 0 Å². The van der Waals surface area contributed by atoms with Gasteiger partial charge < -0.3 is 5.73 Å². The molecule has 1 heterocycles. The standard InChI is InChI=1S/C10H11F3N2Si/c1-16(2,3)5-4-6-7(11)8(12)9(13)15-10(6)14/h1-3H3,(H2,14,15). The first-order valence-electron chi connectivity index (χ1n) is 4.55. The zero-order chi connectivity index (χ0) is 12.5. The van der Waals surface area contributed by atoms with Gasteiger partial charge in [0.05, 0.1) is 0 Å². The number of nitrogens with zero attached hydrogens (tertiary/aromatic N) is 1. The molecule has 2 N–H and O–H groups in total. The maximum Gasteiger partial charge on any atom is 0.254 e. The largest absolute Gasteiger partial charge is 0.382 e. The predicted molar refractivity (Wildman–Crippen MR) is 58.7 cm³/mol. The van der Waals surface area contributed by atoms with Crippen molar-refractivity contribution < 1.29 is 13.2 Å². The van der Waals surface area contributed by atoms with Crippen molar-refractivity contribution in [3.05, 3.63) is 23.1 Å². The van der Waals surface area contributed by atoms with Crippen LogP contribution in [0.4, 0.5) is 19.0 Å². The molecule has 1 aromatic heterocycles. The van der Waals surface area contributed by atoms with E-state index in [-0.39, 0.29) is 5.56 Å². The number of rotatable bonds is 0. The van der Waals surface area contributed by atoms with Gasteiger partial charge in [-0.15, -0.1) is 5.54 Å². The van der Waals surface area contributed by atoms with Crippen molar-refractivity contribution in [1.82, 2.24) is 4.98 Å². The molecule has 2 nitrogen and oxygen atoms in total. The second-order valence-corrected chi connectivity index (χ2v) is 9.04. The van der Waals surface area contributed by atoms with Gasteiger partial charge in [0.1, 0.15) is 19.5 Å². The minimum Gasteiger partial charge on any atom is -0.382 e. The average Bonchev–Trinajstić information content (AvgIpc) is 2.12. The van der Waals surface area contributed by atoms with Crippen molar-refractivity contribution in [1.29, 1.82) is 0 Å². The lowest BCUT2D eigenvalue weighted by molar-refractivity contribution is 0.427. The van der Waals surface area contributed by atoms with E-state index in [4.69, 9.17) is 5.73 Å². The Morgan fingerprint density at radius 2 is 1.69 bits per heavy atom. The molecule has 16 heavy (non-hydrogen) atoms. The Bertz CT molecular complexity index is 484. The molecule has 0 aromatic carbocycles. The van der Waals surface area contributed by atoms with Crippen LogP contribution in [0.25, 0.3) is 0 Å². The van der Waals surface area contributed by atoms with E-state index in [1.54, 1.807) is 0 Å². The molecule has 86 valence electrons. The molecule has 0 aliphatic rings. The third-order valence-corrected chi connectivity index (χ3v) is 2.51. The van der Waals surface area contributed by atoms with E-state index in [0.717, 1.165) is 0 Å². The summed E-state index contributed by atoms with van der Waals surface area (Å²) in [5.41, 5.74) is 7.71. The normalized spacial score (nSPS) is 10.9. The van der Waals surface area contributed by atoms with Crippen molar-refractivity contribution in [2.24, 2.45) is 0 Å². The van der Waals surface area contributed by atoms with Crippen LogP contribution in [0.3, 0.4) is 0 Å². The summed E-state index contributed by atoms with van der Waals surface area (Å²) in [4.78, 5) is 3.04. The number of hydrogen-bond acceptors (Lipinski definition) is 2. The zero-order valence-corrected chi connectivity index (χ0v) is 10.2. The highest BCUT2D eigenvalue weighted by molar-refractivity contribution is 6.83. The van der Waals surface area contributed by atoms with E-state index in [1.165, 1.54) is 0 Å². The second kappa shape index (κ2) is 4.18. The summed E-state index contributed by atoms with van der Waals surface area (Å²) in [5, 5.41) is 0. The Hall–Kier alpha value is -1.48. The average molecular weight is 244 g/mol. The van der Waals surface area contributed by atoms with Crippen molar-refractivity contribution in [2.75, 3.05) is 5.73 Å². The Morgan fingerprint density at radius 3 is 2.19 bits per heavy atom. The highest BCUT2D eigenvalue weighted by Crippen LogP contribution is 2.18. The lowest BCUT2D eigenvalue weighted by Gasteiger charge is -2.05. The Kier molecular flexibility index (Phi) is 3.29. The van der Waals surface area contributed by atoms with Gasteiger partial charge in [-0.3, -0.25) is 0 Å². The van der Waals surface area contributed by atoms with Crippen LogP contribution in [0.15, 0.2) is 0 Å². The van der Waals surface area contributed by atoms with Gasteiger partial charge in [-0.2, -0.15) is 13.8 Å². The molecule has 0 unspecified atom stereocenters. The van der Waals surface area contributed by atoms with Crippen LogP contribution in [0.1, 0.15) is 5.56 Å². The molecule has 0 spiro atoms. The molecule has 0 bridgehead atoms. The van der Waals surface area contributed by atoms with Crippen LogP contribution in [-0.4, -0.2) is 13.1 Å². The van der Waals surface area contributed by atoms with Gasteiger partial charge in [-0.1, -0.05) is 25.6 Å². The molecule has 1 aromatic rings. The molecule has 0 amide bonds. The van der Waals surface area contributed by atoms with Crippen LogP contribution >= 0.6 is 0 Å². The van der Waals surface area contributed by atoms with Gasteiger partial charge >= 0.3 is 0 Å². The highest BCUT2D eigenvalue weighted by atomic mass is 28.3. The Labute approximate surface area is 92.7 Å². The smallest absolute Gasteiger partial charge is 0.254 e. The van der Waals surface area contributed by atoms with Crippen LogP contribution < -0.4 is 5.73 Å². The first-order chi connectivity index (χ1) is 7.22. The molecule has 6 heteroatoms. The topological polar surface area (TPSA) is 38.9 Å². The quantitative estimate of drug-likeness (QED) is 0.432. The lowest BCUT2D eigenvalue weighted by Crippen LogP contribution is -2.16. The predicted octanol–water partition coefficient (Wildman–Crippen LogP) is 2.31. The lowest BCUT2D eigenvalue weighted by atomic mass is 10.2. The number of anilines is 1. The molecule has 0 saturated heterocycles. The second-order valence-electron chi connectivity index (χ2n) is 4.29. The Morgan fingerprint density at radius 1 is 1.12 bits per heavy atom. The monoisotopic (exact) mass is 244 g/mol. The van der Waals surface area contributed by atoms with Crippen LogP contribution in [0, 0.1) is 29.0 Å². The molecule has 0 radical (unpaired) electrons. The Balaban J connectivity index is 3.34. The molecule has 0 aliphatic carbocycles. The van der Waals surface area contributed by atoms with Gasteiger partial charge in [0, 0.05) is 0 Å². The van der Waals surface area contributed by atoms with E-state index in [9.17, 15) is 13.2 Å². The van der Waals surface area contributed by atoms with Gasteiger partial charge in [0.15, 0.2) is 5.82 Å². The van der Waals surface area contributed by atoms with Crippen molar-refractivity contribution in [3.8, 4) is 11.5 Å². The van der Waals surface area contributed by atoms with Crippen LogP contribution in [0.5, 0.6) is 0 Å². The van der Waals surface area contributed by atoms with Gasteiger partial charge in [0.25, 0.3) is 5.95 Å². The van der Waals surface area contributed by atoms with Crippen molar-refractivity contribution in [2.45, 2.75) is 19.6 Å².